The summed E-state index contributed by atoms with van der Waals surface area (Å²) in [6.45, 7) is 2.52. The van der Waals surface area contributed by atoms with Crippen LogP contribution in [0.5, 0.6) is 0 Å². The van der Waals surface area contributed by atoms with Crippen molar-refractivity contribution in [3.8, 4) is 0 Å². The van der Waals surface area contributed by atoms with Gasteiger partial charge in [-0.15, -0.1) is 0 Å². The van der Waals surface area contributed by atoms with Crippen LogP contribution in [-0.2, 0) is 0 Å². The van der Waals surface area contributed by atoms with Crippen molar-refractivity contribution in [3.05, 3.63) is 29.8 Å². The van der Waals surface area contributed by atoms with E-state index >= 15 is 0 Å². The highest BCUT2D eigenvalue weighted by molar-refractivity contribution is 5.95. The molecule has 0 bridgehead atoms. The minimum atomic E-state index is -0.267. The molecule has 0 aromatic heterocycles. The number of nitrogens with one attached hydrogen (secondary N) is 1. The van der Waals surface area contributed by atoms with Gasteiger partial charge in [-0.1, -0.05) is 0 Å². The fraction of sp³-hybridized carbons (Fsp3) is 0.533. The zero-order valence-corrected chi connectivity index (χ0v) is 11.9. The lowest BCUT2D eigenvalue weighted by molar-refractivity contribution is 0.0898. The molecule has 0 heterocycles. The van der Waals surface area contributed by atoms with Crippen molar-refractivity contribution in [2.24, 2.45) is 11.7 Å². The predicted molar refractivity (Wildman–Crippen MR) is 78.4 cm³/mol. The Balaban J connectivity index is 2.07. The van der Waals surface area contributed by atoms with Crippen LogP contribution in [0.2, 0.25) is 0 Å². The van der Waals surface area contributed by atoms with Gasteiger partial charge in [-0.3, -0.25) is 4.79 Å². The number of carbonyl (C=O) groups is 1. The molecule has 1 aliphatic carbocycles. The van der Waals surface area contributed by atoms with Gasteiger partial charge in [-0.25, -0.2) is 0 Å². The van der Waals surface area contributed by atoms with Crippen LogP contribution >= 0.6 is 0 Å². The molecule has 1 fully saturated rings. The van der Waals surface area contributed by atoms with Crippen LogP contribution in [0.4, 0.5) is 5.69 Å². The molecular formula is C15H23N3O. The third-order valence-electron chi connectivity index (χ3n) is 3.95. The third-order valence-corrected chi connectivity index (χ3v) is 3.95. The highest BCUT2D eigenvalue weighted by Crippen LogP contribution is 2.39. The second kappa shape index (κ2) is 5.21. The number of carbonyl (C=O) groups excluding carboxylic acids is 1. The third kappa shape index (κ3) is 3.07. The molecular weight excluding hydrogens is 238 g/mol. The van der Waals surface area contributed by atoms with Gasteiger partial charge in [0, 0.05) is 31.9 Å². The number of nitrogens with two attached hydrogens (primary N) is 1. The summed E-state index contributed by atoms with van der Waals surface area (Å²) in [5.41, 5.74) is 7.32. The molecule has 0 spiro atoms. The predicted octanol–water partition coefficient (Wildman–Crippen LogP) is 1.61. The first-order valence-corrected chi connectivity index (χ1v) is 6.76. The van der Waals surface area contributed by atoms with E-state index in [4.69, 9.17) is 5.73 Å². The molecule has 3 N–H and O–H groups in total. The molecule has 4 nitrogen and oxygen atoms in total. The quantitative estimate of drug-likeness (QED) is 0.846. The molecule has 0 aliphatic heterocycles. The van der Waals surface area contributed by atoms with Crippen LogP contribution in [0, 0.1) is 5.92 Å². The Morgan fingerprint density at radius 3 is 2.37 bits per heavy atom. The summed E-state index contributed by atoms with van der Waals surface area (Å²) in [5, 5.41) is 3.09. The number of hydrogen-bond donors (Lipinski definition) is 2. The smallest absolute Gasteiger partial charge is 0.251 e. The average molecular weight is 261 g/mol. The first-order valence-electron chi connectivity index (χ1n) is 6.76. The van der Waals surface area contributed by atoms with E-state index in [2.05, 4.69) is 5.32 Å². The zero-order chi connectivity index (χ0) is 14.0. The normalized spacial score (nSPS) is 17.7. The van der Waals surface area contributed by atoms with E-state index in [-0.39, 0.29) is 11.4 Å². The molecule has 19 heavy (non-hydrogen) atoms. The molecule has 104 valence electrons. The van der Waals surface area contributed by atoms with Crippen LogP contribution in [0.15, 0.2) is 24.3 Å². The first kappa shape index (κ1) is 13.9. The van der Waals surface area contributed by atoms with E-state index in [1.54, 1.807) is 0 Å². The lowest BCUT2D eigenvalue weighted by Crippen LogP contribution is -2.53. The molecule has 0 saturated heterocycles. The van der Waals surface area contributed by atoms with Crippen molar-refractivity contribution >= 4 is 11.6 Å². The van der Waals surface area contributed by atoms with Gasteiger partial charge in [0.05, 0.1) is 5.54 Å². The SMILES string of the molecule is CN(C)c1ccc(C(=O)NC(C)(CN)C2CC2)cc1. The van der Waals surface area contributed by atoms with Gasteiger partial charge in [0.1, 0.15) is 0 Å². The lowest BCUT2D eigenvalue weighted by atomic mass is 9.95. The van der Waals surface area contributed by atoms with Crippen LogP contribution < -0.4 is 16.0 Å². The Labute approximate surface area is 115 Å². The summed E-state index contributed by atoms with van der Waals surface area (Å²) in [5.74, 6) is 0.493. The molecule has 4 heteroatoms. The number of nitrogens with zero attached hydrogens (tertiary/aromatic N) is 1. The Kier molecular flexibility index (Phi) is 3.80. The van der Waals surface area contributed by atoms with E-state index in [0.29, 0.717) is 18.0 Å². The number of anilines is 1. The largest absolute Gasteiger partial charge is 0.378 e. The van der Waals surface area contributed by atoms with Crippen molar-refractivity contribution in [2.45, 2.75) is 25.3 Å². The number of hydrogen-bond acceptors (Lipinski definition) is 3. The molecule has 1 aromatic rings. The highest BCUT2D eigenvalue weighted by atomic mass is 16.1. The Morgan fingerprint density at radius 2 is 1.95 bits per heavy atom. The van der Waals surface area contributed by atoms with E-state index in [0.717, 1.165) is 18.5 Å². The number of amides is 1. The van der Waals surface area contributed by atoms with Crippen molar-refractivity contribution in [2.75, 3.05) is 25.5 Å². The lowest BCUT2D eigenvalue weighted by Gasteiger charge is -2.29. The van der Waals surface area contributed by atoms with E-state index in [1.807, 2.05) is 50.2 Å². The van der Waals surface area contributed by atoms with Crippen LogP contribution in [0.25, 0.3) is 0 Å². The minimum absolute atomic E-state index is 0.0369. The maximum atomic E-state index is 12.3. The van der Waals surface area contributed by atoms with Gasteiger partial charge in [0.15, 0.2) is 0 Å². The summed E-state index contributed by atoms with van der Waals surface area (Å²) in [4.78, 5) is 14.3. The summed E-state index contributed by atoms with van der Waals surface area (Å²) in [6, 6.07) is 7.61. The van der Waals surface area contributed by atoms with E-state index in [9.17, 15) is 4.79 Å². The van der Waals surface area contributed by atoms with Gasteiger partial charge >= 0.3 is 0 Å². The second-order valence-electron chi connectivity index (χ2n) is 5.79. The maximum absolute atomic E-state index is 12.3. The first-order chi connectivity index (χ1) is 8.96. The molecule has 1 saturated carbocycles. The maximum Gasteiger partial charge on any atom is 0.251 e. The highest BCUT2D eigenvalue weighted by Gasteiger charge is 2.41. The fourth-order valence-electron chi connectivity index (χ4n) is 2.28. The van der Waals surface area contributed by atoms with Gasteiger partial charge in [0.2, 0.25) is 0 Å². The number of rotatable bonds is 5. The summed E-state index contributed by atoms with van der Waals surface area (Å²) >= 11 is 0. The van der Waals surface area contributed by atoms with Crippen molar-refractivity contribution in [1.29, 1.82) is 0 Å². The molecule has 1 aromatic carbocycles. The van der Waals surface area contributed by atoms with Crippen LogP contribution in [-0.4, -0.2) is 32.1 Å². The molecule has 1 unspecified atom stereocenters. The average Bonchev–Trinajstić information content (AvgIpc) is 3.23. The molecule has 1 amide bonds. The molecule has 1 atom stereocenters. The second-order valence-corrected chi connectivity index (χ2v) is 5.79. The Bertz CT molecular complexity index is 451. The fourth-order valence-corrected chi connectivity index (χ4v) is 2.28. The number of benzene rings is 1. The minimum Gasteiger partial charge on any atom is -0.378 e. The standard InChI is InChI=1S/C15H23N3O/c1-15(10-16,12-6-7-12)17-14(19)11-4-8-13(9-5-11)18(2)3/h4-5,8-9,12H,6-7,10,16H2,1-3H3,(H,17,19). The van der Waals surface area contributed by atoms with Gasteiger partial charge in [-0.2, -0.15) is 0 Å². The van der Waals surface area contributed by atoms with Gasteiger partial charge in [0.25, 0.3) is 5.91 Å². The Morgan fingerprint density at radius 1 is 1.37 bits per heavy atom. The van der Waals surface area contributed by atoms with E-state index in [1.165, 1.54) is 0 Å². The van der Waals surface area contributed by atoms with Crippen LogP contribution in [0.1, 0.15) is 30.1 Å². The topological polar surface area (TPSA) is 58.4 Å². The monoisotopic (exact) mass is 261 g/mol. The zero-order valence-electron chi connectivity index (χ0n) is 11.9. The summed E-state index contributed by atoms with van der Waals surface area (Å²) < 4.78 is 0. The van der Waals surface area contributed by atoms with Crippen molar-refractivity contribution < 1.29 is 4.79 Å². The van der Waals surface area contributed by atoms with Crippen molar-refractivity contribution in [1.82, 2.24) is 5.32 Å². The van der Waals surface area contributed by atoms with E-state index < -0.39 is 0 Å². The summed E-state index contributed by atoms with van der Waals surface area (Å²) in [6.07, 6.45) is 2.32. The van der Waals surface area contributed by atoms with Gasteiger partial charge in [-0.05, 0) is 49.9 Å². The van der Waals surface area contributed by atoms with Crippen LogP contribution in [0.3, 0.4) is 0 Å². The molecule has 1 aliphatic rings. The Hall–Kier alpha value is -1.55. The van der Waals surface area contributed by atoms with Gasteiger partial charge < -0.3 is 16.0 Å². The molecule has 0 radical (unpaired) electrons. The molecule has 2 rings (SSSR count). The summed E-state index contributed by atoms with van der Waals surface area (Å²) in [7, 11) is 3.96. The van der Waals surface area contributed by atoms with Crippen molar-refractivity contribution in [3.63, 3.8) is 0 Å².